The summed E-state index contributed by atoms with van der Waals surface area (Å²) < 4.78 is 7.14. The third-order valence-corrected chi connectivity index (χ3v) is 4.23. The molecule has 9 nitrogen and oxygen atoms in total. The predicted octanol–water partition coefficient (Wildman–Crippen LogP) is -0.403. The minimum atomic E-state index is 0.130. The SMILES string of the molecule is CCc1nncn1CCNC(=NCCOC)N1CCN(C(C)=O)CC1. The van der Waals surface area contributed by atoms with Crippen LogP contribution in [-0.4, -0.2) is 89.4 Å². The summed E-state index contributed by atoms with van der Waals surface area (Å²) in [5.41, 5.74) is 0. The fourth-order valence-electron chi connectivity index (χ4n) is 2.77. The average Bonchev–Trinajstić information content (AvgIpc) is 3.08. The molecule has 9 heteroatoms. The van der Waals surface area contributed by atoms with Crippen molar-refractivity contribution in [2.75, 3.05) is 53.0 Å². The first-order chi connectivity index (χ1) is 12.2. The van der Waals surface area contributed by atoms with Crippen LogP contribution in [0, 0.1) is 0 Å². The summed E-state index contributed by atoms with van der Waals surface area (Å²) in [6.07, 6.45) is 2.62. The van der Waals surface area contributed by atoms with Gasteiger partial charge in [0.2, 0.25) is 5.91 Å². The van der Waals surface area contributed by atoms with Gasteiger partial charge in [-0.25, -0.2) is 0 Å². The molecule has 0 aliphatic carbocycles. The van der Waals surface area contributed by atoms with Gasteiger partial charge in [0, 0.05) is 59.7 Å². The summed E-state index contributed by atoms with van der Waals surface area (Å²) in [4.78, 5) is 20.2. The van der Waals surface area contributed by atoms with Crippen molar-refractivity contribution in [3.63, 3.8) is 0 Å². The lowest BCUT2D eigenvalue weighted by atomic mass is 10.3. The van der Waals surface area contributed by atoms with Crippen molar-refractivity contribution in [3.05, 3.63) is 12.2 Å². The Kier molecular flexibility index (Phi) is 7.65. The monoisotopic (exact) mass is 351 g/mol. The van der Waals surface area contributed by atoms with Gasteiger partial charge in [-0.05, 0) is 0 Å². The van der Waals surface area contributed by atoms with Crippen molar-refractivity contribution in [2.45, 2.75) is 26.8 Å². The number of piperazine rings is 1. The molecule has 0 spiro atoms. The summed E-state index contributed by atoms with van der Waals surface area (Å²) in [6, 6.07) is 0. The second-order valence-electron chi connectivity index (χ2n) is 5.91. The zero-order valence-corrected chi connectivity index (χ0v) is 15.4. The first-order valence-corrected chi connectivity index (χ1v) is 8.80. The molecule has 1 aromatic rings. The first-order valence-electron chi connectivity index (χ1n) is 8.80. The van der Waals surface area contributed by atoms with Crippen molar-refractivity contribution in [1.82, 2.24) is 29.9 Å². The number of aromatic nitrogens is 3. The van der Waals surface area contributed by atoms with Gasteiger partial charge < -0.3 is 24.4 Å². The van der Waals surface area contributed by atoms with E-state index < -0.39 is 0 Å². The quantitative estimate of drug-likeness (QED) is 0.408. The summed E-state index contributed by atoms with van der Waals surface area (Å²) in [7, 11) is 1.67. The van der Waals surface area contributed by atoms with Gasteiger partial charge in [0.15, 0.2) is 5.96 Å². The molecule has 1 N–H and O–H groups in total. The van der Waals surface area contributed by atoms with Gasteiger partial charge >= 0.3 is 0 Å². The minimum Gasteiger partial charge on any atom is -0.383 e. The number of methoxy groups -OCH3 is 1. The molecule has 1 aromatic heterocycles. The summed E-state index contributed by atoms with van der Waals surface area (Å²) in [6.45, 7) is 9.43. The Morgan fingerprint density at radius 3 is 2.68 bits per heavy atom. The second-order valence-corrected chi connectivity index (χ2v) is 5.91. The van der Waals surface area contributed by atoms with Crippen LogP contribution in [0.1, 0.15) is 19.7 Å². The molecule has 0 unspecified atom stereocenters. The number of hydrogen-bond acceptors (Lipinski definition) is 5. The van der Waals surface area contributed by atoms with Crippen molar-refractivity contribution >= 4 is 11.9 Å². The van der Waals surface area contributed by atoms with E-state index in [-0.39, 0.29) is 5.91 Å². The molecular weight excluding hydrogens is 322 g/mol. The second kappa shape index (κ2) is 9.97. The molecule has 0 radical (unpaired) electrons. The molecule has 1 fully saturated rings. The fourth-order valence-corrected chi connectivity index (χ4v) is 2.77. The molecule has 140 valence electrons. The number of hydrogen-bond donors (Lipinski definition) is 1. The molecule has 0 atom stereocenters. The summed E-state index contributed by atoms with van der Waals surface area (Å²) >= 11 is 0. The number of carbonyl (C=O) groups excluding carboxylic acids is 1. The molecule has 0 aromatic carbocycles. The highest BCUT2D eigenvalue weighted by Crippen LogP contribution is 2.03. The highest BCUT2D eigenvalue weighted by Gasteiger charge is 2.21. The van der Waals surface area contributed by atoms with E-state index in [2.05, 4.69) is 32.3 Å². The van der Waals surface area contributed by atoms with Crippen LogP contribution in [0.15, 0.2) is 11.3 Å². The van der Waals surface area contributed by atoms with Crippen LogP contribution in [0.4, 0.5) is 0 Å². The number of ether oxygens (including phenoxy) is 1. The number of aliphatic imine (C=N–C) groups is 1. The van der Waals surface area contributed by atoms with Crippen LogP contribution in [0.5, 0.6) is 0 Å². The van der Waals surface area contributed by atoms with E-state index in [4.69, 9.17) is 4.74 Å². The topological polar surface area (TPSA) is 87.9 Å². The van der Waals surface area contributed by atoms with Crippen LogP contribution in [0.2, 0.25) is 0 Å². The predicted molar refractivity (Wildman–Crippen MR) is 95.4 cm³/mol. The highest BCUT2D eigenvalue weighted by atomic mass is 16.5. The molecule has 2 rings (SSSR count). The maximum atomic E-state index is 11.5. The number of rotatable bonds is 7. The van der Waals surface area contributed by atoms with Gasteiger partial charge in [-0.3, -0.25) is 9.79 Å². The first kappa shape index (κ1) is 19.2. The van der Waals surface area contributed by atoms with Crippen LogP contribution in [0.25, 0.3) is 0 Å². The molecule has 1 saturated heterocycles. The maximum absolute atomic E-state index is 11.5. The molecule has 25 heavy (non-hydrogen) atoms. The van der Waals surface area contributed by atoms with Gasteiger partial charge in [0.1, 0.15) is 12.2 Å². The number of carbonyl (C=O) groups is 1. The van der Waals surface area contributed by atoms with Crippen LogP contribution >= 0.6 is 0 Å². The van der Waals surface area contributed by atoms with Gasteiger partial charge in [-0.15, -0.1) is 10.2 Å². The Balaban J connectivity index is 1.89. The maximum Gasteiger partial charge on any atom is 0.219 e. The van der Waals surface area contributed by atoms with Gasteiger partial charge in [-0.1, -0.05) is 6.92 Å². The summed E-state index contributed by atoms with van der Waals surface area (Å²) in [5.74, 6) is 1.98. The normalized spacial score (nSPS) is 15.6. The van der Waals surface area contributed by atoms with E-state index in [0.717, 1.165) is 57.5 Å². The lowest BCUT2D eigenvalue weighted by molar-refractivity contribution is -0.130. The number of guanidine groups is 1. The van der Waals surface area contributed by atoms with Crippen molar-refractivity contribution in [3.8, 4) is 0 Å². The van der Waals surface area contributed by atoms with Gasteiger partial charge in [0.25, 0.3) is 0 Å². The Morgan fingerprint density at radius 2 is 2.04 bits per heavy atom. The number of aryl methyl sites for hydroxylation is 1. The van der Waals surface area contributed by atoms with Gasteiger partial charge in [0.05, 0.1) is 13.2 Å². The molecule has 2 heterocycles. The lowest BCUT2D eigenvalue weighted by Gasteiger charge is -2.36. The van der Waals surface area contributed by atoms with Crippen molar-refractivity contribution < 1.29 is 9.53 Å². The Hall–Kier alpha value is -2.16. The molecule has 0 bridgehead atoms. The number of nitrogens with one attached hydrogen (secondary N) is 1. The molecule has 1 amide bonds. The Bertz CT molecular complexity index is 565. The molecular formula is C16H29N7O2. The highest BCUT2D eigenvalue weighted by molar-refractivity contribution is 5.80. The van der Waals surface area contributed by atoms with E-state index in [1.807, 2.05) is 9.47 Å². The lowest BCUT2D eigenvalue weighted by Crippen LogP contribution is -2.53. The third kappa shape index (κ3) is 5.70. The summed E-state index contributed by atoms with van der Waals surface area (Å²) in [5, 5.41) is 11.5. The van der Waals surface area contributed by atoms with Gasteiger partial charge in [-0.2, -0.15) is 0 Å². The molecule has 1 aliphatic rings. The number of nitrogens with zero attached hydrogens (tertiary/aromatic N) is 6. The smallest absolute Gasteiger partial charge is 0.219 e. The van der Waals surface area contributed by atoms with Crippen molar-refractivity contribution in [1.29, 1.82) is 0 Å². The molecule has 0 saturated carbocycles. The average molecular weight is 351 g/mol. The fraction of sp³-hybridized carbons (Fsp3) is 0.750. The van der Waals surface area contributed by atoms with E-state index in [1.165, 1.54) is 0 Å². The number of amides is 1. The zero-order valence-electron chi connectivity index (χ0n) is 15.4. The molecule has 1 aliphatic heterocycles. The van der Waals surface area contributed by atoms with Crippen LogP contribution < -0.4 is 5.32 Å². The van der Waals surface area contributed by atoms with Crippen molar-refractivity contribution in [2.24, 2.45) is 4.99 Å². The van der Waals surface area contributed by atoms with Crippen LogP contribution in [-0.2, 0) is 22.5 Å². The minimum absolute atomic E-state index is 0.130. The Morgan fingerprint density at radius 1 is 1.32 bits per heavy atom. The zero-order chi connectivity index (χ0) is 18.1. The van der Waals surface area contributed by atoms with E-state index >= 15 is 0 Å². The van der Waals surface area contributed by atoms with E-state index in [0.29, 0.717) is 13.2 Å². The van der Waals surface area contributed by atoms with E-state index in [1.54, 1.807) is 20.4 Å². The Labute approximate surface area is 149 Å². The standard InChI is InChI=1S/C16H29N7O2/c1-4-15-20-19-13-23(15)7-5-17-16(18-6-12-25-3)22-10-8-21(9-11-22)14(2)24/h13H,4-12H2,1-3H3,(H,17,18). The van der Waals surface area contributed by atoms with E-state index in [9.17, 15) is 4.79 Å². The third-order valence-electron chi connectivity index (χ3n) is 4.23. The largest absolute Gasteiger partial charge is 0.383 e. The van der Waals surface area contributed by atoms with Crippen LogP contribution in [0.3, 0.4) is 0 Å².